The highest BCUT2D eigenvalue weighted by Crippen LogP contribution is 2.18. The molecule has 1 aliphatic rings. The van der Waals surface area contributed by atoms with Gasteiger partial charge in [-0.15, -0.1) is 0 Å². The molecule has 2 amide bonds. The number of rotatable bonds is 4. The summed E-state index contributed by atoms with van der Waals surface area (Å²) >= 11 is 0. The largest absolute Gasteiger partial charge is 0.372 e. The van der Waals surface area contributed by atoms with Crippen LogP contribution >= 0.6 is 0 Å². The van der Waals surface area contributed by atoms with E-state index >= 15 is 0 Å². The van der Waals surface area contributed by atoms with Crippen molar-refractivity contribution >= 4 is 23.2 Å². The number of carbonyl (C=O) groups excluding carboxylic acids is 2. The molecule has 1 fully saturated rings. The zero-order valence-electron chi connectivity index (χ0n) is 14.9. The number of hydrogen-bond donors (Lipinski definition) is 1. The average molecular weight is 333 g/mol. The number of ether oxygens (including phenoxy) is 1. The molecular weight excluding hydrogens is 306 g/mol. The van der Waals surface area contributed by atoms with Crippen LogP contribution in [-0.4, -0.2) is 55.1 Å². The lowest BCUT2D eigenvalue weighted by atomic mass is 10.2. The predicted molar refractivity (Wildman–Crippen MR) is 95.2 cm³/mol. The van der Waals surface area contributed by atoms with Gasteiger partial charge in [-0.25, -0.2) is 0 Å². The van der Waals surface area contributed by atoms with Gasteiger partial charge in [0.05, 0.1) is 12.2 Å². The lowest BCUT2D eigenvalue weighted by Gasteiger charge is -2.34. The molecule has 1 saturated heterocycles. The number of anilines is 2. The Labute approximate surface area is 143 Å². The highest BCUT2D eigenvalue weighted by atomic mass is 16.5. The van der Waals surface area contributed by atoms with Gasteiger partial charge in [-0.1, -0.05) is 0 Å². The van der Waals surface area contributed by atoms with Crippen LogP contribution in [0, 0.1) is 0 Å². The summed E-state index contributed by atoms with van der Waals surface area (Å²) in [6.45, 7) is 10.7. The molecule has 24 heavy (non-hydrogen) atoms. The van der Waals surface area contributed by atoms with Gasteiger partial charge in [0.15, 0.2) is 0 Å². The van der Waals surface area contributed by atoms with Crippen molar-refractivity contribution in [1.29, 1.82) is 0 Å². The summed E-state index contributed by atoms with van der Waals surface area (Å²) in [6.07, 6.45) is -0.113. The lowest BCUT2D eigenvalue weighted by molar-refractivity contribution is -0.151. The second kappa shape index (κ2) is 8.15. The molecule has 0 saturated carbocycles. The van der Waals surface area contributed by atoms with Gasteiger partial charge < -0.3 is 19.9 Å². The molecule has 0 radical (unpaired) electrons. The molecule has 2 rings (SSSR count). The van der Waals surface area contributed by atoms with E-state index in [1.54, 1.807) is 4.90 Å². The Hall–Kier alpha value is -2.08. The van der Waals surface area contributed by atoms with E-state index in [0.717, 1.165) is 18.8 Å². The summed E-state index contributed by atoms with van der Waals surface area (Å²) in [7, 11) is 0. The Bertz CT molecular complexity index is 559. The van der Waals surface area contributed by atoms with Crippen molar-refractivity contribution in [3.8, 4) is 0 Å². The summed E-state index contributed by atoms with van der Waals surface area (Å²) in [4.78, 5) is 28.3. The van der Waals surface area contributed by atoms with Crippen LogP contribution in [0.1, 0.15) is 27.7 Å². The number of nitrogens with one attached hydrogen (secondary N) is 1. The first-order valence-electron chi connectivity index (χ1n) is 8.55. The minimum absolute atomic E-state index is 0.0566. The van der Waals surface area contributed by atoms with Gasteiger partial charge >= 0.3 is 11.8 Å². The van der Waals surface area contributed by atoms with E-state index in [1.807, 2.05) is 38.1 Å². The summed E-state index contributed by atoms with van der Waals surface area (Å²) < 4.78 is 5.59. The van der Waals surface area contributed by atoms with Crippen LogP contribution in [0.5, 0.6) is 0 Å². The fourth-order valence-electron chi connectivity index (χ4n) is 3.02. The van der Waals surface area contributed by atoms with Gasteiger partial charge in [0.25, 0.3) is 0 Å². The van der Waals surface area contributed by atoms with Crippen LogP contribution in [0.4, 0.5) is 11.4 Å². The SMILES string of the molecule is CCN(CC)c1ccc(NC(=O)C(=O)N2CC(C)OC(C)C2)cc1. The highest BCUT2D eigenvalue weighted by Gasteiger charge is 2.29. The Morgan fingerprint density at radius 3 is 2.17 bits per heavy atom. The molecule has 1 aromatic carbocycles. The minimum atomic E-state index is -0.605. The fraction of sp³-hybridized carbons (Fsp3) is 0.556. The van der Waals surface area contributed by atoms with E-state index in [-0.39, 0.29) is 12.2 Å². The van der Waals surface area contributed by atoms with Crippen LogP contribution in [0.25, 0.3) is 0 Å². The van der Waals surface area contributed by atoms with E-state index in [0.29, 0.717) is 18.8 Å². The number of amides is 2. The van der Waals surface area contributed by atoms with Crippen LogP contribution < -0.4 is 10.2 Å². The molecule has 1 aliphatic heterocycles. The first-order chi connectivity index (χ1) is 11.4. The second-order valence-corrected chi connectivity index (χ2v) is 6.14. The maximum atomic E-state index is 12.3. The van der Waals surface area contributed by atoms with E-state index in [9.17, 15) is 9.59 Å². The van der Waals surface area contributed by atoms with Crippen LogP contribution in [0.3, 0.4) is 0 Å². The smallest absolute Gasteiger partial charge is 0.313 e. The number of hydrogen-bond acceptors (Lipinski definition) is 4. The van der Waals surface area contributed by atoms with Gasteiger partial charge in [-0.3, -0.25) is 9.59 Å². The van der Waals surface area contributed by atoms with Crippen LogP contribution in [-0.2, 0) is 14.3 Å². The van der Waals surface area contributed by atoms with Crippen molar-refractivity contribution in [3.63, 3.8) is 0 Å². The molecule has 0 bridgehead atoms. The number of nitrogens with zero attached hydrogens (tertiary/aromatic N) is 2. The van der Waals surface area contributed by atoms with Gasteiger partial charge in [-0.05, 0) is 52.0 Å². The van der Waals surface area contributed by atoms with Gasteiger partial charge in [-0.2, -0.15) is 0 Å². The van der Waals surface area contributed by atoms with Crippen molar-refractivity contribution in [3.05, 3.63) is 24.3 Å². The van der Waals surface area contributed by atoms with E-state index in [2.05, 4.69) is 24.1 Å². The Morgan fingerprint density at radius 1 is 1.12 bits per heavy atom. The van der Waals surface area contributed by atoms with Crippen molar-refractivity contribution in [2.45, 2.75) is 39.9 Å². The Balaban J connectivity index is 1.97. The third-order valence-corrected chi connectivity index (χ3v) is 4.15. The summed E-state index contributed by atoms with van der Waals surface area (Å²) in [5, 5.41) is 2.68. The first kappa shape index (κ1) is 18.3. The molecule has 0 aromatic heterocycles. The maximum absolute atomic E-state index is 12.3. The molecule has 132 valence electrons. The summed E-state index contributed by atoms with van der Waals surface area (Å²) in [5.74, 6) is -1.11. The first-order valence-corrected chi connectivity index (χ1v) is 8.55. The molecule has 2 unspecified atom stereocenters. The predicted octanol–water partition coefficient (Wildman–Crippen LogP) is 2.11. The van der Waals surface area contributed by atoms with E-state index in [4.69, 9.17) is 4.74 Å². The van der Waals surface area contributed by atoms with Crippen LogP contribution in [0.15, 0.2) is 24.3 Å². The zero-order valence-corrected chi connectivity index (χ0v) is 14.9. The average Bonchev–Trinajstić information content (AvgIpc) is 2.55. The maximum Gasteiger partial charge on any atom is 0.313 e. The highest BCUT2D eigenvalue weighted by molar-refractivity contribution is 6.39. The number of morpholine rings is 1. The molecule has 6 heteroatoms. The van der Waals surface area contributed by atoms with Gasteiger partial charge in [0.1, 0.15) is 0 Å². The summed E-state index contributed by atoms with van der Waals surface area (Å²) in [6, 6.07) is 7.55. The molecule has 1 heterocycles. The standard InChI is InChI=1S/C18H27N3O3/c1-5-20(6-2)16-9-7-15(8-10-16)19-17(22)18(23)21-11-13(3)24-14(4)12-21/h7-10,13-14H,5-6,11-12H2,1-4H3,(H,19,22). The van der Waals surface area contributed by atoms with Crippen molar-refractivity contribution in [2.24, 2.45) is 0 Å². The third kappa shape index (κ3) is 4.47. The molecule has 0 aliphatic carbocycles. The van der Waals surface area contributed by atoms with Crippen LogP contribution in [0.2, 0.25) is 0 Å². The number of carbonyl (C=O) groups is 2. The molecule has 0 spiro atoms. The molecule has 6 nitrogen and oxygen atoms in total. The molecule has 1 aromatic rings. The second-order valence-electron chi connectivity index (χ2n) is 6.14. The molecular formula is C18H27N3O3. The number of benzene rings is 1. The van der Waals surface area contributed by atoms with E-state index in [1.165, 1.54) is 0 Å². The van der Waals surface area contributed by atoms with Crippen molar-refractivity contribution in [2.75, 3.05) is 36.4 Å². The van der Waals surface area contributed by atoms with Crippen molar-refractivity contribution in [1.82, 2.24) is 4.90 Å². The Kier molecular flexibility index (Phi) is 6.20. The lowest BCUT2D eigenvalue weighted by Crippen LogP contribution is -2.51. The monoisotopic (exact) mass is 333 g/mol. The quantitative estimate of drug-likeness (QED) is 0.857. The minimum Gasteiger partial charge on any atom is -0.372 e. The molecule has 2 atom stereocenters. The zero-order chi connectivity index (χ0) is 17.7. The van der Waals surface area contributed by atoms with Gasteiger partial charge in [0, 0.05) is 37.6 Å². The van der Waals surface area contributed by atoms with E-state index < -0.39 is 11.8 Å². The topological polar surface area (TPSA) is 61.9 Å². The fourth-order valence-corrected chi connectivity index (χ4v) is 3.02. The third-order valence-electron chi connectivity index (χ3n) is 4.15. The normalized spacial score (nSPS) is 20.6. The summed E-state index contributed by atoms with van der Waals surface area (Å²) in [5.41, 5.74) is 1.72. The molecule has 1 N–H and O–H groups in total. The van der Waals surface area contributed by atoms with Gasteiger partial charge in [0.2, 0.25) is 0 Å². The Morgan fingerprint density at radius 2 is 1.67 bits per heavy atom. The van der Waals surface area contributed by atoms with Crippen molar-refractivity contribution < 1.29 is 14.3 Å².